The van der Waals surface area contributed by atoms with E-state index in [2.05, 4.69) is 10.3 Å². The molecule has 2 rings (SSSR count). The standard InChI is InChI=1S/C12H7ClF2N2O3S/c13-21(19,20)11-4-2-8(6-16-11)17-12(18)7-1-3-9(14)10(15)5-7/h1-6H,(H,17,18). The lowest BCUT2D eigenvalue weighted by molar-refractivity contribution is 0.102. The van der Waals surface area contributed by atoms with Gasteiger partial charge in [0.2, 0.25) is 0 Å². The number of carbonyl (C=O) groups excluding carboxylic acids is 1. The second-order valence-corrected chi connectivity index (χ2v) is 6.42. The highest BCUT2D eigenvalue weighted by atomic mass is 35.7. The van der Waals surface area contributed by atoms with Crippen LogP contribution >= 0.6 is 10.7 Å². The number of halogens is 3. The third-order valence-corrected chi connectivity index (χ3v) is 3.64. The highest BCUT2D eigenvalue weighted by Crippen LogP contribution is 2.16. The molecule has 1 aromatic carbocycles. The van der Waals surface area contributed by atoms with Gasteiger partial charge in [-0.2, -0.15) is 0 Å². The van der Waals surface area contributed by atoms with Crippen molar-refractivity contribution in [2.75, 3.05) is 5.32 Å². The Kier molecular flexibility index (Phi) is 4.19. The van der Waals surface area contributed by atoms with Crippen molar-refractivity contribution >= 4 is 31.3 Å². The van der Waals surface area contributed by atoms with Crippen LogP contribution in [-0.4, -0.2) is 19.3 Å². The number of nitrogens with one attached hydrogen (secondary N) is 1. The molecule has 21 heavy (non-hydrogen) atoms. The zero-order chi connectivity index (χ0) is 15.6. The number of carbonyl (C=O) groups is 1. The van der Waals surface area contributed by atoms with E-state index < -0.39 is 26.6 Å². The third kappa shape index (κ3) is 3.73. The minimum Gasteiger partial charge on any atom is -0.321 e. The maximum Gasteiger partial charge on any atom is 0.278 e. The molecule has 1 N–H and O–H groups in total. The van der Waals surface area contributed by atoms with Gasteiger partial charge in [-0.1, -0.05) is 0 Å². The molecule has 110 valence electrons. The molecule has 1 amide bonds. The molecule has 0 aliphatic carbocycles. The fourth-order valence-corrected chi connectivity index (χ4v) is 2.12. The van der Waals surface area contributed by atoms with Crippen LogP contribution in [0.1, 0.15) is 10.4 Å². The average molecular weight is 333 g/mol. The van der Waals surface area contributed by atoms with Crippen molar-refractivity contribution in [1.82, 2.24) is 4.98 Å². The third-order valence-electron chi connectivity index (χ3n) is 2.43. The van der Waals surface area contributed by atoms with E-state index in [0.717, 1.165) is 30.5 Å². The molecule has 0 spiro atoms. The topological polar surface area (TPSA) is 76.1 Å². The molecule has 0 fully saturated rings. The number of benzene rings is 1. The highest BCUT2D eigenvalue weighted by molar-refractivity contribution is 8.13. The monoisotopic (exact) mass is 332 g/mol. The van der Waals surface area contributed by atoms with Gasteiger partial charge in [0.25, 0.3) is 15.0 Å². The Morgan fingerprint density at radius 3 is 2.38 bits per heavy atom. The van der Waals surface area contributed by atoms with Crippen LogP contribution in [0.4, 0.5) is 14.5 Å². The number of rotatable bonds is 3. The predicted octanol–water partition coefficient (Wildman–Crippen LogP) is 2.54. The summed E-state index contributed by atoms with van der Waals surface area (Å²) >= 11 is 0. The zero-order valence-electron chi connectivity index (χ0n) is 10.2. The summed E-state index contributed by atoms with van der Waals surface area (Å²) in [6.07, 6.45) is 1.08. The van der Waals surface area contributed by atoms with Gasteiger partial charge in [-0.15, -0.1) is 0 Å². The van der Waals surface area contributed by atoms with Crippen LogP contribution in [-0.2, 0) is 9.05 Å². The molecule has 0 bridgehead atoms. The molecule has 9 heteroatoms. The maximum absolute atomic E-state index is 13.0. The normalized spacial score (nSPS) is 11.2. The first-order chi connectivity index (χ1) is 9.77. The average Bonchev–Trinajstić information content (AvgIpc) is 2.41. The number of nitrogens with zero attached hydrogens (tertiary/aromatic N) is 1. The van der Waals surface area contributed by atoms with Crippen molar-refractivity contribution in [2.45, 2.75) is 5.03 Å². The summed E-state index contributed by atoms with van der Waals surface area (Å²) in [4.78, 5) is 15.3. The van der Waals surface area contributed by atoms with Crippen molar-refractivity contribution in [2.24, 2.45) is 0 Å². The molecule has 0 aliphatic rings. The van der Waals surface area contributed by atoms with E-state index in [0.29, 0.717) is 0 Å². The second kappa shape index (κ2) is 5.74. The SMILES string of the molecule is O=C(Nc1ccc(S(=O)(=O)Cl)nc1)c1ccc(F)c(F)c1. The fraction of sp³-hybridized carbons (Fsp3) is 0. The summed E-state index contributed by atoms with van der Waals surface area (Å²) in [5.74, 6) is -2.91. The van der Waals surface area contributed by atoms with E-state index in [1.165, 1.54) is 6.07 Å². The van der Waals surface area contributed by atoms with Gasteiger partial charge in [0, 0.05) is 16.2 Å². The van der Waals surface area contributed by atoms with E-state index >= 15 is 0 Å². The molecule has 0 unspecified atom stereocenters. The Labute approximate surface area is 123 Å². The van der Waals surface area contributed by atoms with Crippen molar-refractivity contribution in [1.29, 1.82) is 0 Å². The van der Waals surface area contributed by atoms with E-state index in [-0.39, 0.29) is 16.3 Å². The van der Waals surface area contributed by atoms with Crippen molar-refractivity contribution in [3.8, 4) is 0 Å². The first kappa shape index (κ1) is 15.3. The van der Waals surface area contributed by atoms with E-state index in [1.54, 1.807) is 0 Å². The number of aromatic nitrogens is 1. The number of amides is 1. The first-order valence-corrected chi connectivity index (χ1v) is 7.75. The van der Waals surface area contributed by atoms with Crippen LogP contribution in [0.3, 0.4) is 0 Å². The van der Waals surface area contributed by atoms with Gasteiger partial charge in [0.05, 0.1) is 11.9 Å². The van der Waals surface area contributed by atoms with Gasteiger partial charge >= 0.3 is 0 Å². The minimum atomic E-state index is -3.95. The molecule has 5 nitrogen and oxygen atoms in total. The van der Waals surface area contributed by atoms with Gasteiger partial charge in [-0.05, 0) is 30.3 Å². The molecule has 1 aromatic heterocycles. The Morgan fingerprint density at radius 2 is 1.86 bits per heavy atom. The zero-order valence-corrected chi connectivity index (χ0v) is 11.8. The Balaban J connectivity index is 2.18. The van der Waals surface area contributed by atoms with Crippen LogP contribution < -0.4 is 5.32 Å². The van der Waals surface area contributed by atoms with E-state index in [1.807, 2.05) is 0 Å². The van der Waals surface area contributed by atoms with Crippen molar-refractivity contribution in [3.05, 3.63) is 53.7 Å². The molecular formula is C12H7ClF2N2O3S. The van der Waals surface area contributed by atoms with E-state index in [9.17, 15) is 22.0 Å². The summed E-state index contributed by atoms with van der Waals surface area (Å²) in [6.45, 7) is 0. The van der Waals surface area contributed by atoms with Crippen LogP contribution in [0.25, 0.3) is 0 Å². The van der Waals surface area contributed by atoms with Gasteiger partial charge in [-0.3, -0.25) is 4.79 Å². The molecule has 0 atom stereocenters. The molecule has 0 saturated heterocycles. The Bertz CT molecular complexity index is 795. The largest absolute Gasteiger partial charge is 0.321 e. The lowest BCUT2D eigenvalue weighted by Crippen LogP contribution is -2.12. The summed E-state index contributed by atoms with van der Waals surface area (Å²) in [6, 6.07) is 5.04. The van der Waals surface area contributed by atoms with Crippen LogP contribution in [0.15, 0.2) is 41.6 Å². The quantitative estimate of drug-likeness (QED) is 0.876. The lowest BCUT2D eigenvalue weighted by atomic mass is 10.2. The predicted molar refractivity (Wildman–Crippen MR) is 71.6 cm³/mol. The first-order valence-electron chi connectivity index (χ1n) is 5.44. The second-order valence-electron chi connectivity index (χ2n) is 3.91. The summed E-state index contributed by atoms with van der Waals surface area (Å²) in [7, 11) is 1.14. The smallest absolute Gasteiger partial charge is 0.278 e. The number of pyridine rings is 1. The summed E-state index contributed by atoms with van der Waals surface area (Å²) in [5, 5.41) is 1.99. The lowest BCUT2D eigenvalue weighted by Gasteiger charge is -2.05. The van der Waals surface area contributed by atoms with Crippen molar-refractivity contribution < 1.29 is 22.0 Å². The van der Waals surface area contributed by atoms with Crippen LogP contribution in [0, 0.1) is 11.6 Å². The fourth-order valence-electron chi connectivity index (χ4n) is 1.44. The number of anilines is 1. The van der Waals surface area contributed by atoms with Gasteiger partial charge in [0.1, 0.15) is 0 Å². The van der Waals surface area contributed by atoms with Crippen LogP contribution in [0.2, 0.25) is 0 Å². The molecule has 0 radical (unpaired) electrons. The Morgan fingerprint density at radius 1 is 1.14 bits per heavy atom. The Hall–Kier alpha value is -2.06. The molecule has 0 saturated carbocycles. The van der Waals surface area contributed by atoms with E-state index in [4.69, 9.17) is 10.7 Å². The van der Waals surface area contributed by atoms with Gasteiger partial charge in [0.15, 0.2) is 16.7 Å². The van der Waals surface area contributed by atoms with Crippen molar-refractivity contribution in [3.63, 3.8) is 0 Å². The number of hydrogen-bond donors (Lipinski definition) is 1. The number of hydrogen-bond acceptors (Lipinski definition) is 4. The summed E-state index contributed by atoms with van der Waals surface area (Å²) < 4.78 is 47.8. The molecular weight excluding hydrogens is 326 g/mol. The minimum absolute atomic E-state index is 0.0945. The van der Waals surface area contributed by atoms with Gasteiger partial charge in [-0.25, -0.2) is 22.2 Å². The van der Waals surface area contributed by atoms with Crippen LogP contribution in [0.5, 0.6) is 0 Å². The summed E-state index contributed by atoms with van der Waals surface area (Å²) in [5.41, 5.74) is 0.0803. The molecule has 0 aliphatic heterocycles. The molecule has 2 aromatic rings. The van der Waals surface area contributed by atoms with Gasteiger partial charge < -0.3 is 5.32 Å². The maximum atomic E-state index is 13.0. The highest BCUT2D eigenvalue weighted by Gasteiger charge is 2.13. The molecule has 1 heterocycles.